The minimum Gasteiger partial charge on any atom is -0.481 e. The Kier molecular flexibility index (Phi) is 14.9. The van der Waals surface area contributed by atoms with Gasteiger partial charge >= 0.3 is 17.9 Å². The number of hydrogen-bond acceptors (Lipinski definition) is 8. The van der Waals surface area contributed by atoms with Crippen LogP contribution in [-0.4, -0.2) is 87.6 Å². The van der Waals surface area contributed by atoms with E-state index in [1.165, 1.54) is 0 Å². The molecule has 3 amide bonds. The summed E-state index contributed by atoms with van der Waals surface area (Å²) in [6.07, 6.45) is -1.32. The molecule has 4 unspecified atom stereocenters. The molecule has 0 saturated carbocycles. The fourth-order valence-corrected chi connectivity index (χ4v) is 3.59. The van der Waals surface area contributed by atoms with Crippen LogP contribution < -0.4 is 33.2 Å². The number of hydrogen-bond donors (Lipinski definition) is 9. The molecule has 0 aromatic heterocycles. The summed E-state index contributed by atoms with van der Waals surface area (Å²) >= 11 is 0. The molecule has 0 aliphatic rings. The summed E-state index contributed by atoms with van der Waals surface area (Å²) in [7, 11) is 0. The zero-order chi connectivity index (χ0) is 30.9. The van der Waals surface area contributed by atoms with Gasteiger partial charge in [0.25, 0.3) is 0 Å². The van der Waals surface area contributed by atoms with Crippen molar-refractivity contribution in [2.75, 3.05) is 6.54 Å². The first-order valence-corrected chi connectivity index (χ1v) is 12.7. The summed E-state index contributed by atoms with van der Waals surface area (Å²) < 4.78 is 0. The second kappa shape index (κ2) is 17.8. The number of aliphatic imine (C=N–C) groups is 1. The van der Waals surface area contributed by atoms with E-state index in [0.717, 1.165) is 0 Å². The number of carbonyl (C=O) groups excluding carboxylic acids is 3. The third kappa shape index (κ3) is 14.3. The standard InChI is InChI=1S/C25H37N7O9/c26-15(8-10-19(33)34)21(37)32-18(13-14-5-2-1-3-6-14)23(39)30-16(7-4-12-29-25(27)28)22(38)31-17(24(40)41)9-11-20(35)36/h1-3,5-6,15-18H,4,7-13,26H2,(H,30,39)(H,31,38)(H,32,37)(H,33,34)(H,35,36)(H,40,41)(H4,27,28,29). The zero-order valence-corrected chi connectivity index (χ0v) is 22.3. The molecule has 16 heteroatoms. The summed E-state index contributed by atoms with van der Waals surface area (Å²) in [5.41, 5.74) is 17.1. The molecule has 0 fully saturated rings. The average Bonchev–Trinajstić information content (AvgIpc) is 2.90. The van der Waals surface area contributed by atoms with E-state index in [0.29, 0.717) is 5.56 Å². The Labute approximate surface area is 235 Å². The number of nitrogens with one attached hydrogen (secondary N) is 3. The molecule has 4 atom stereocenters. The van der Waals surface area contributed by atoms with Gasteiger partial charge in [0.1, 0.15) is 18.1 Å². The van der Waals surface area contributed by atoms with Crippen molar-refractivity contribution in [1.82, 2.24) is 16.0 Å². The maximum atomic E-state index is 13.4. The van der Waals surface area contributed by atoms with Crippen LogP contribution in [0.1, 0.15) is 44.1 Å². The van der Waals surface area contributed by atoms with Gasteiger partial charge in [-0.2, -0.15) is 0 Å². The summed E-state index contributed by atoms with van der Waals surface area (Å²) in [5, 5.41) is 34.4. The Hall–Kier alpha value is -4.73. The van der Waals surface area contributed by atoms with E-state index in [2.05, 4.69) is 20.9 Å². The molecule has 1 aromatic rings. The molecule has 16 nitrogen and oxygen atoms in total. The molecule has 0 bridgehead atoms. The Morgan fingerprint density at radius 3 is 1.83 bits per heavy atom. The second-order valence-electron chi connectivity index (χ2n) is 9.13. The van der Waals surface area contributed by atoms with Crippen LogP contribution in [0.4, 0.5) is 0 Å². The first-order valence-electron chi connectivity index (χ1n) is 12.7. The maximum Gasteiger partial charge on any atom is 0.326 e. The highest BCUT2D eigenvalue weighted by atomic mass is 16.4. The van der Waals surface area contributed by atoms with Crippen LogP contribution in [0, 0.1) is 0 Å². The molecule has 0 spiro atoms. The maximum absolute atomic E-state index is 13.4. The number of amides is 3. The zero-order valence-electron chi connectivity index (χ0n) is 22.3. The van der Waals surface area contributed by atoms with Gasteiger partial charge in [-0.1, -0.05) is 30.3 Å². The summed E-state index contributed by atoms with van der Waals surface area (Å²) in [6.45, 7) is 0.0893. The lowest BCUT2D eigenvalue weighted by atomic mass is 10.0. The average molecular weight is 580 g/mol. The van der Waals surface area contributed by atoms with E-state index in [4.69, 9.17) is 27.4 Å². The van der Waals surface area contributed by atoms with Gasteiger partial charge in [-0.25, -0.2) is 4.79 Å². The molecular weight excluding hydrogens is 542 g/mol. The van der Waals surface area contributed by atoms with E-state index in [1.807, 2.05) is 0 Å². The number of carbonyl (C=O) groups is 6. The van der Waals surface area contributed by atoms with Crippen LogP contribution in [-0.2, 0) is 35.2 Å². The fourth-order valence-electron chi connectivity index (χ4n) is 3.59. The van der Waals surface area contributed by atoms with Crippen LogP contribution in [0.2, 0.25) is 0 Å². The van der Waals surface area contributed by atoms with Crippen molar-refractivity contribution in [3.8, 4) is 0 Å². The van der Waals surface area contributed by atoms with E-state index in [1.54, 1.807) is 30.3 Å². The molecule has 226 valence electrons. The predicted octanol–water partition coefficient (Wildman–Crippen LogP) is -2.12. The highest BCUT2D eigenvalue weighted by Gasteiger charge is 2.30. The summed E-state index contributed by atoms with van der Waals surface area (Å²) in [4.78, 5) is 76.2. The van der Waals surface area contributed by atoms with Crippen LogP contribution in [0.25, 0.3) is 0 Å². The first kappa shape index (κ1) is 34.3. The van der Waals surface area contributed by atoms with Gasteiger partial charge in [-0.15, -0.1) is 0 Å². The van der Waals surface area contributed by atoms with Crippen molar-refractivity contribution in [1.29, 1.82) is 0 Å². The predicted molar refractivity (Wildman–Crippen MR) is 145 cm³/mol. The van der Waals surface area contributed by atoms with Crippen molar-refractivity contribution in [3.63, 3.8) is 0 Å². The number of rotatable bonds is 19. The summed E-state index contributed by atoms with van der Waals surface area (Å²) in [6, 6.07) is 3.28. The van der Waals surface area contributed by atoms with Crippen molar-refractivity contribution in [3.05, 3.63) is 35.9 Å². The molecule has 1 rings (SSSR count). The lowest BCUT2D eigenvalue weighted by molar-refractivity contribution is -0.143. The first-order chi connectivity index (χ1) is 19.3. The minimum atomic E-state index is -1.54. The number of carboxylic acid groups (broad SMARTS) is 3. The van der Waals surface area contributed by atoms with Crippen molar-refractivity contribution in [2.45, 2.75) is 69.1 Å². The van der Waals surface area contributed by atoms with Crippen LogP contribution in [0.3, 0.4) is 0 Å². The van der Waals surface area contributed by atoms with E-state index in [9.17, 15) is 33.9 Å². The number of guanidine groups is 1. The Morgan fingerprint density at radius 2 is 1.27 bits per heavy atom. The number of nitrogens with zero attached hydrogens (tertiary/aromatic N) is 1. The monoisotopic (exact) mass is 579 g/mol. The second-order valence-corrected chi connectivity index (χ2v) is 9.13. The van der Waals surface area contributed by atoms with Gasteiger partial charge in [0.15, 0.2) is 5.96 Å². The van der Waals surface area contributed by atoms with Gasteiger partial charge in [0.05, 0.1) is 6.04 Å². The van der Waals surface area contributed by atoms with E-state index >= 15 is 0 Å². The molecule has 0 radical (unpaired) electrons. The van der Waals surface area contributed by atoms with Crippen LogP contribution in [0.5, 0.6) is 0 Å². The largest absolute Gasteiger partial charge is 0.481 e. The Morgan fingerprint density at radius 1 is 0.732 bits per heavy atom. The van der Waals surface area contributed by atoms with Gasteiger partial charge in [0.2, 0.25) is 17.7 Å². The summed E-state index contributed by atoms with van der Waals surface area (Å²) in [5.74, 6) is -6.54. The normalized spacial score (nSPS) is 13.5. The third-order valence-electron chi connectivity index (χ3n) is 5.76. The quantitative estimate of drug-likeness (QED) is 0.0483. The molecular formula is C25H37N7O9. The number of carboxylic acids is 3. The van der Waals surface area contributed by atoms with Crippen molar-refractivity contribution >= 4 is 41.6 Å². The molecule has 1 aromatic carbocycles. The number of aliphatic carboxylic acids is 3. The highest BCUT2D eigenvalue weighted by molar-refractivity contribution is 5.94. The molecule has 0 heterocycles. The fraction of sp³-hybridized carbons (Fsp3) is 0.480. The molecule has 41 heavy (non-hydrogen) atoms. The smallest absolute Gasteiger partial charge is 0.326 e. The molecule has 0 saturated heterocycles. The molecule has 0 aliphatic heterocycles. The lowest BCUT2D eigenvalue weighted by Crippen LogP contribution is -2.57. The van der Waals surface area contributed by atoms with Gasteiger partial charge in [0, 0.05) is 25.8 Å². The molecule has 0 aliphatic carbocycles. The van der Waals surface area contributed by atoms with Crippen molar-refractivity contribution in [2.24, 2.45) is 22.2 Å². The lowest BCUT2D eigenvalue weighted by Gasteiger charge is -2.25. The minimum absolute atomic E-state index is 0.0111. The number of nitrogens with two attached hydrogens (primary N) is 3. The van der Waals surface area contributed by atoms with Gasteiger partial charge < -0.3 is 48.5 Å². The highest BCUT2D eigenvalue weighted by Crippen LogP contribution is 2.08. The van der Waals surface area contributed by atoms with Gasteiger partial charge in [-0.05, 0) is 31.2 Å². The SMILES string of the molecule is NC(N)=NCCCC(NC(=O)C(Cc1ccccc1)NC(=O)C(N)CCC(=O)O)C(=O)NC(CCC(=O)O)C(=O)O. The van der Waals surface area contributed by atoms with Gasteiger partial charge in [-0.3, -0.25) is 29.0 Å². The third-order valence-corrected chi connectivity index (χ3v) is 5.76. The Balaban J connectivity index is 3.15. The van der Waals surface area contributed by atoms with E-state index < -0.39 is 72.6 Å². The van der Waals surface area contributed by atoms with E-state index in [-0.39, 0.29) is 44.6 Å². The number of benzene rings is 1. The van der Waals surface area contributed by atoms with Crippen LogP contribution in [0.15, 0.2) is 35.3 Å². The molecule has 12 N–H and O–H groups in total. The Bertz CT molecular complexity index is 1090. The topological polar surface area (TPSA) is 290 Å². The van der Waals surface area contributed by atoms with Crippen molar-refractivity contribution < 1.29 is 44.1 Å². The van der Waals surface area contributed by atoms with Crippen LogP contribution >= 0.6 is 0 Å².